The van der Waals surface area contributed by atoms with Crippen molar-refractivity contribution in [2.45, 2.75) is 6.92 Å². The molecule has 1 aromatic carbocycles. The molecule has 0 atom stereocenters. The van der Waals surface area contributed by atoms with Gasteiger partial charge < -0.3 is 4.98 Å². The molecule has 0 aliphatic heterocycles. The molecule has 0 bridgehead atoms. The quantitative estimate of drug-likeness (QED) is 0.654. The molecule has 2 aromatic rings. The molecule has 53 valence electrons. The van der Waals surface area contributed by atoms with E-state index in [1.54, 1.807) is 0 Å². The maximum absolute atomic E-state index is 3.13. The van der Waals surface area contributed by atoms with Crippen LogP contribution in [-0.4, -0.2) is 4.98 Å². The van der Waals surface area contributed by atoms with E-state index in [4.69, 9.17) is 0 Å². The number of hydrogen-bond donors (Lipinski definition) is 1. The van der Waals surface area contributed by atoms with Gasteiger partial charge in [-0.05, 0) is 6.20 Å². The van der Waals surface area contributed by atoms with Crippen molar-refractivity contribution in [2.75, 3.05) is 0 Å². The third-order valence-corrected chi connectivity index (χ3v) is 1.73. The first-order valence-corrected chi connectivity index (χ1v) is 3.32. The van der Waals surface area contributed by atoms with E-state index >= 15 is 0 Å². The van der Waals surface area contributed by atoms with Crippen LogP contribution in [0.4, 0.5) is 0 Å². The predicted molar refractivity (Wildman–Crippen MR) is 41.9 cm³/mol. The minimum Gasteiger partial charge on any atom is -0.414 e. The molecule has 0 aliphatic rings. The fraction of sp³-hybridized carbons (Fsp3) is 0.111. The summed E-state index contributed by atoms with van der Waals surface area (Å²) in [4.78, 5) is 3.13. The summed E-state index contributed by atoms with van der Waals surface area (Å²) in [5, 5.41) is 1.29. The molecule has 2 heteroatoms. The number of aromatic nitrogens is 1. The third-order valence-electron chi connectivity index (χ3n) is 1.73. The number of hydrogen-bond acceptors (Lipinski definition) is 0. The van der Waals surface area contributed by atoms with Crippen LogP contribution < -0.4 is 0 Å². The monoisotopic (exact) mass is 219 g/mol. The standard InChI is InChI=1S/C9H8N.Y/c1-7-3-2-4-9-8(7)5-6-10-9;/h3-6,10H,1H3;/q-1;. The van der Waals surface area contributed by atoms with E-state index in [0.29, 0.717) is 0 Å². The van der Waals surface area contributed by atoms with E-state index in [0.717, 1.165) is 0 Å². The Morgan fingerprint density at radius 2 is 2.18 bits per heavy atom. The molecule has 0 saturated heterocycles. The zero-order chi connectivity index (χ0) is 6.97. The first-order valence-electron chi connectivity index (χ1n) is 3.32. The van der Waals surface area contributed by atoms with Gasteiger partial charge in [0, 0.05) is 32.7 Å². The van der Waals surface area contributed by atoms with Crippen LogP contribution in [0.1, 0.15) is 5.56 Å². The summed E-state index contributed by atoms with van der Waals surface area (Å²) in [5.74, 6) is 0. The molecule has 0 fully saturated rings. The van der Waals surface area contributed by atoms with Gasteiger partial charge in [0.05, 0.1) is 0 Å². The molecule has 1 nitrogen and oxygen atoms in total. The van der Waals surface area contributed by atoms with Crippen LogP contribution in [0, 0.1) is 13.0 Å². The van der Waals surface area contributed by atoms with E-state index in [9.17, 15) is 0 Å². The molecule has 1 radical (unpaired) electrons. The summed E-state index contributed by atoms with van der Waals surface area (Å²) in [7, 11) is 0. The molecule has 0 unspecified atom stereocenters. The number of nitrogens with one attached hydrogen (secondary N) is 1. The van der Waals surface area contributed by atoms with Crippen LogP contribution in [0.15, 0.2) is 24.4 Å². The molecule has 2 rings (SSSR count). The van der Waals surface area contributed by atoms with Gasteiger partial charge in [-0.15, -0.1) is 5.39 Å². The molecule has 0 spiro atoms. The van der Waals surface area contributed by atoms with Gasteiger partial charge in [-0.3, -0.25) is 0 Å². The SMILES string of the molecule is Cc1c[c-]cc2[nH]ccc12.[Y]. The second-order valence-corrected chi connectivity index (χ2v) is 2.44. The topological polar surface area (TPSA) is 15.8 Å². The van der Waals surface area contributed by atoms with Crippen molar-refractivity contribution in [3.05, 3.63) is 36.0 Å². The average molecular weight is 219 g/mol. The largest absolute Gasteiger partial charge is 0.414 e. The summed E-state index contributed by atoms with van der Waals surface area (Å²) in [6.07, 6.45) is 1.95. The van der Waals surface area contributed by atoms with Crippen molar-refractivity contribution < 1.29 is 32.7 Å². The summed E-state index contributed by atoms with van der Waals surface area (Å²) in [6.45, 7) is 2.09. The number of aromatic amines is 1. The van der Waals surface area contributed by atoms with E-state index in [-0.39, 0.29) is 32.7 Å². The maximum atomic E-state index is 3.13. The van der Waals surface area contributed by atoms with E-state index in [1.165, 1.54) is 16.5 Å². The molecule has 1 N–H and O–H groups in total. The van der Waals surface area contributed by atoms with Gasteiger partial charge in [-0.2, -0.15) is 23.8 Å². The zero-order valence-electron chi connectivity index (χ0n) is 6.39. The third kappa shape index (κ3) is 1.55. The summed E-state index contributed by atoms with van der Waals surface area (Å²) in [5.41, 5.74) is 2.44. The Morgan fingerprint density at radius 1 is 1.36 bits per heavy atom. The Hall–Kier alpha value is -0.136. The second kappa shape index (κ2) is 3.51. The summed E-state index contributed by atoms with van der Waals surface area (Å²) < 4.78 is 0. The fourth-order valence-corrected chi connectivity index (χ4v) is 1.17. The van der Waals surface area contributed by atoms with Crippen molar-refractivity contribution in [2.24, 2.45) is 0 Å². The first kappa shape index (κ1) is 8.96. The van der Waals surface area contributed by atoms with Gasteiger partial charge in [0.25, 0.3) is 0 Å². The first-order chi connectivity index (χ1) is 4.88. The van der Waals surface area contributed by atoms with Gasteiger partial charge in [-0.1, -0.05) is 18.5 Å². The Kier molecular flexibility index (Phi) is 2.86. The Morgan fingerprint density at radius 3 is 2.91 bits per heavy atom. The summed E-state index contributed by atoms with van der Waals surface area (Å²) >= 11 is 0. The number of rotatable bonds is 0. The number of fused-ring (bicyclic) bond motifs is 1. The maximum Gasteiger partial charge on any atom is 0 e. The van der Waals surface area contributed by atoms with Crippen molar-refractivity contribution in [1.29, 1.82) is 0 Å². The minimum atomic E-state index is 0. The van der Waals surface area contributed by atoms with Crippen LogP contribution in [0.2, 0.25) is 0 Å². The Balaban J connectivity index is 0.000000605. The van der Waals surface area contributed by atoms with E-state index < -0.39 is 0 Å². The van der Waals surface area contributed by atoms with Crippen molar-refractivity contribution in [3.8, 4) is 0 Å². The molecule has 0 amide bonds. The average Bonchev–Trinajstić information content (AvgIpc) is 2.36. The normalized spacial score (nSPS) is 9.55. The van der Waals surface area contributed by atoms with Crippen LogP contribution in [0.5, 0.6) is 0 Å². The number of H-pyrrole nitrogens is 1. The van der Waals surface area contributed by atoms with Crippen molar-refractivity contribution in [1.82, 2.24) is 4.98 Å². The van der Waals surface area contributed by atoms with E-state index in [1.807, 2.05) is 18.3 Å². The van der Waals surface area contributed by atoms with Gasteiger partial charge in [0.1, 0.15) is 0 Å². The molecule has 11 heavy (non-hydrogen) atoms. The van der Waals surface area contributed by atoms with Crippen molar-refractivity contribution >= 4 is 10.9 Å². The van der Waals surface area contributed by atoms with Gasteiger partial charge in [0.2, 0.25) is 0 Å². The molecular weight excluding hydrogens is 211 g/mol. The minimum absolute atomic E-state index is 0. The van der Waals surface area contributed by atoms with Gasteiger partial charge >= 0.3 is 0 Å². The molecule has 1 aromatic heterocycles. The van der Waals surface area contributed by atoms with Gasteiger partial charge in [-0.25, -0.2) is 0 Å². The Labute approximate surface area is 91.1 Å². The van der Waals surface area contributed by atoms with Crippen LogP contribution in [0.3, 0.4) is 0 Å². The second-order valence-electron chi connectivity index (χ2n) is 2.44. The zero-order valence-corrected chi connectivity index (χ0v) is 9.23. The Bertz CT molecular complexity index is 351. The predicted octanol–water partition coefficient (Wildman–Crippen LogP) is 2.27. The molecule has 0 aliphatic carbocycles. The van der Waals surface area contributed by atoms with Crippen LogP contribution >= 0.6 is 0 Å². The number of aryl methyl sites for hydroxylation is 1. The van der Waals surface area contributed by atoms with Crippen molar-refractivity contribution in [3.63, 3.8) is 0 Å². The number of benzene rings is 1. The van der Waals surface area contributed by atoms with Crippen LogP contribution in [0.25, 0.3) is 10.9 Å². The summed E-state index contributed by atoms with van der Waals surface area (Å²) in [6, 6.07) is 9.10. The molecule has 1 heterocycles. The smallest absolute Gasteiger partial charge is 0 e. The van der Waals surface area contributed by atoms with Gasteiger partial charge in [0.15, 0.2) is 0 Å². The van der Waals surface area contributed by atoms with Crippen LogP contribution in [-0.2, 0) is 32.7 Å². The fourth-order valence-electron chi connectivity index (χ4n) is 1.17. The molecule has 0 saturated carbocycles. The molecular formula is C9H8NY-. The van der Waals surface area contributed by atoms with E-state index in [2.05, 4.69) is 24.0 Å².